The molecular formula is C8H11BrN4O2. The van der Waals surface area contributed by atoms with Crippen LogP contribution in [0.25, 0.3) is 0 Å². The molecule has 0 saturated heterocycles. The number of rotatable bonds is 4. The molecule has 0 saturated carbocycles. The van der Waals surface area contributed by atoms with E-state index >= 15 is 0 Å². The molecule has 0 atom stereocenters. The number of nitrogens with two attached hydrogens (primary N) is 1. The lowest BCUT2D eigenvalue weighted by Crippen LogP contribution is -2.16. The second kappa shape index (κ2) is 5.62. The van der Waals surface area contributed by atoms with Gasteiger partial charge in [-0.15, -0.1) is 0 Å². The van der Waals surface area contributed by atoms with Crippen LogP contribution in [0, 0.1) is 0 Å². The fraction of sp³-hybridized carbons (Fsp3) is 0.375. The fourth-order valence-corrected chi connectivity index (χ4v) is 1.23. The van der Waals surface area contributed by atoms with Crippen LogP contribution in [0.1, 0.15) is 10.5 Å². The van der Waals surface area contributed by atoms with E-state index in [1.807, 2.05) is 0 Å². The van der Waals surface area contributed by atoms with Crippen LogP contribution in [0.2, 0.25) is 0 Å². The number of carbonyl (C=O) groups excluding carboxylic acids is 1. The zero-order valence-corrected chi connectivity index (χ0v) is 9.74. The molecule has 0 fully saturated rings. The molecule has 0 spiro atoms. The van der Waals surface area contributed by atoms with Crippen LogP contribution in [-0.2, 0) is 4.74 Å². The molecule has 0 aliphatic carbocycles. The largest absolute Gasteiger partial charge is 0.464 e. The zero-order valence-electron chi connectivity index (χ0n) is 8.16. The Kier molecular flexibility index (Phi) is 4.44. The van der Waals surface area contributed by atoms with Gasteiger partial charge in [0, 0.05) is 19.3 Å². The van der Waals surface area contributed by atoms with E-state index in [2.05, 4.69) is 36.0 Å². The van der Waals surface area contributed by atoms with Crippen molar-refractivity contribution in [3.05, 3.63) is 16.4 Å². The Morgan fingerprint density at radius 3 is 3.07 bits per heavy atom. The van der Waals surface area contributed by atoms with Gasteiger partial charge in [0.1, 0.15) is 0 Å². The zero-order chi connectivity index (χ0) is 11.3. The first-order chi connectivity index (χ1) is 7.19. The molecular weight excluding hydrogens is 264 g/mol. The monoisotopic (exact) mass is 274 g/mol. The molecule has 3 N–H and O–H groups in total. The summed E-state index contributed by atoms with van der Waals surface area (Å²) >= 11 is 3.16. The number of anilines is 1. The average molecular weight is 275 g/mol. The summed E-state index contributed by atoms with van der Waals surface area (Å²) in [4.78, 5) is 19.2. The molecule has 1 aromatic heterocycles. The summed E-state index contributed by atoms with van der Waals surface area (Å²) in [6.07, 6.45) is 1.48. The third-order valence-electron chi connectivity index (χ3n) is 1.55. The van der Waals surface area contributed by atoms with Gasteiger partial charge in [0.15, 0.2) is 5.69 Å². The number of carbonyl (C=O) groups is 1. The topological polar surface area (TPSA) is 90.1 Å². The van der Waals surface area contributed by atoms with Crippen LogP contribution < -0.4 is 11.1 Å². The molecule has 1 aromatic rings. The number of methoxy groups -OCH3 is 1. The molecule has 7 heteroatoms. The Morgan fingerprint density at radius 1 is 1.73 bits per heavy atom. The highest BCUT2D eigenvalue weighted by molar-refractivity contribution is 9.10. The van der Waals surface area contributed by atoms with Crippen LogP contribution >= 0.6 is 15.9 Å². The molecule has 0 aliphatic rings. The maximum absolute atomic E-state index is 11.3. The quantitative estimate of drug-likeness (QED) is 0.773. The number of nitrogens with one attached hydrogen (secondary N) is 1. The molecule has 15 heavy (non-hydrogen) atoms. The van der Waals surface area contributed by atoms with Crippen molar-refractivity contribution in [3.8, 4) is 0 Å². The van der Waals surface area contributed by atoms with E-state index in [9.17, 15) is 4.79 Å². The highest BCUT2D eigenvalue weighted by atomic mass is 79.9. The van der Waals surface area contributed by atoms with Gasteiger partial charge in [-0.05, 0) is 15.9 Å². The minimum absolute atomic E-state index is 0.187. The third kappa shape index (κ3) is 3.14. The number of nitrogens with zero attached hydrogens (tertiary/aromatic N) is 2. The summed E-state index contributed by atoms with van der Waals surface area (Å²) in [6.45, 7) is 1.01. The van der Waals surface area contributed by atoms with Crippen LogP contribution in [0.5, 0.6) is 0 Å². The van der Waals surface area contributed by atoms with Crippen molar-refractivity contribution in [1.82, 2.24) is 9.97 Å². The highest BCUT2D eigenvalue weighted by Gasteiger charge is 2.13. The van der Waals surface area contributed by atoms with Crippen molar-refractivity contribution in [2.75, 3.05) is 25.5 Å². The number of hydrogen-bond donors (Lipinski definition) is 2. The maximum Gasteiger partial charge on any atom is 0.358 e. The lowest BCUT2D eigenvalue weighted by molar-refractivity contribution is 0.0593. The minimum Gasteiger partial charge on any atom is -0.464 e. The fourth-order valence-electron chi connectivity index (χ4n) is 0.876. The predicted octanol–water partition coefficient (Wildman–Crippen LogP) is 0.396. The van der Waals surface area contributed by atoms with Crippen LogP contribution in [0.4, 0.5) is 5.95 Å². The minimum atomic E-state index is -0.514. The summed E-state index contributed by atoms with van der Waals surface area (Å²) < 4.78 is 5.06. The molecule has 1 heterocycles. The molecule has 0 aliphatic heterocycles. The Labute approximate surface area is 95.4 Å². The van der Waals surface area contributed by atoms with Crippen molar-refractivity contribution < 1.29 is 9.53 Å². The van der Waals surface area contributed by atoms with E-state index in [0.29, 0.717) is 23.5 Å². The van der Waals surface area contributed by atoms with Gasteiger partial charge in [0.05, 0.1) is 11.6 Å². The van der Waals surface area contributed by atoms with Gasteiger partial charge < -0.3 is 15.8 Å². The lowest BCUT2D eigenvalue weighted by Gasteiger charge is -2.05. The van der Waals surface area contributed by atoms with E-state index in [-0.39, 0.29) is 5.69 Å². The van der Waals surface area contributed by atoms with Gasteiger partial charge in [0.25, 0.3) is 0 Å². The van der Waals surface area contributed by atoms with Crippen LogP contribution in [0.15, 0.2) is 10.7 Å². The number of hydrogen-bond acceptors (Lipinski definition) is 6. The summed E-state index contributed by atoms with van der Waals surface area (Å²) in [5, 5.41) is 2.87. The second-order valence-electron chi connectivity index (χ2n) is 2.60. The van der Waals surface area contributed by atoms with Crippen molar-refractivity contribution in [2.24, 2.45) is 5.73 Å². The number of halogens is 1. The smallest absolute Gasteiger partial charge is 0.358 e. The van der Waals surface area contributed by atoms with E-state index in [1.54, 1.807) is 0 Å². The summed E-state index contributed by atoms with van der Waals surface area (Å²) in [5.41, 5.74) is 5.50. The van der Waals surface area contributed by atoms with Crippen LogP contribution in [-0.4, -0.2) is 36.1 Å². The van der Waals surface area contributed by atoms with E-state index in [4.69, 9.17) is 5.73 Å². The maximum atomic E-state index is 11.3. The van der Waals surface area contributed by atoms with Gasteiger partial charge >= 0.3 is 5.97 Å². The first-order valence-corrected chi connectivity index (χ1v) is 5.03. The Morgan fingerprint density at radius 2 is 2.47 bits per heavy atom. The number of ether oxygens (including phenoxy) is 1. The van der Waals surface area contributed by atoms with Crippen LogP contribution in [0.3, 0.4) is 0 Å². The van der Waals surface area contributed by atoms with E-state index < -0.39 is 5.97 Å². The Hall–Kier alpha value is -1.21. The van der Waals surface area contributed by atoms with Crippen molar-refractivity contribution in [1.29, 1.82) is 0 Å². The van der Waals surface area contributed by atoms with Gasteiger partial charge in [-0.25, -0.2) is 14.8 Å². The number of aromatic nitrogens is 2. The van der Waals surface area contributed by atoms with Gasteiger partial charge in [-0.2, -0.15) is 0 Å². The van der Waals surface area contributed by atoms with Crippen molar-refractivity contribution >= 4 is 27.8 Å². The number of esters is 1. The van der Waals surface area contributed by atoms with Gasteiger partial charge in [-0.3, -0.25) is 0 Å². The third-order valence-corrected chi connectivity index (χ3v) is 2.13. The Balaban J connectivity index is 2.89. The molecule has 0 bridgehead atoms. The lowest BCUT2D eigenvalue weighted by atomic mass is 10.4. The molecule has 1 rings (SSSR count). The van der Waals surface area contributed by atoms with Crippen molar-refractivity contribution in [2.45, 2.75) is 0 Å². The summed E-state index contributed by atoms with van der Waals surface area (Å²) in [5.74, 6) is -0.163. The summed E-state index contributed by atoms with van der Waals surface area (Å²) in [6, 6.07) is 0. The van der Waals surface area contributed by atoms with Crippen molar-refractivity contribution in [3.63, 3.8) is 0 Å². The SMILES string of the molecule is COC(=O)c1nc(NCCN)ncc1Br. The Bertz CT molecular complexity index is 358. The molecule has 0 aromatic carbocycles. The molecule has 6 nitrogen and oxygen atoms in total. The second-order valence-corrected chi connectivity index (χ2v) is 3.45. The molecule has 0 amide bonds. The first kappa shape index (κ1) is 11.9. The van der Waals surface area contributed by atoms with Gasteiger partial charge in [-0.1, -0.05) is 0 Å². The normalized spacial score (nSPS) is 9.80. The van der Waals surface area contributed by atoms with E-state index in [1.165, 1.54) is 13.3 Å². The standard InChI is InChI=1S/C8H11BrN4O2/c1-15-7(14)6-5(9)4-12-8(13-6)11-3-2-10/h4H,2-3,10H2,1H3,(H,11,12,13). The molecule has 0 radical (unpaired) electrons. The highest BCUT2D eigenvalue weighted by Crippen LogP contribution is 2.15. The predicted molar refractivity (Wildman–Crippen MR) is 58.6 cm³/mol. The molecule has 0 unspecified atom stereocenters. The van der Waals surface area contributed by atoms with Gasteiger partial charge in [0.2, 0.25) is 5.95 Å². The average Bonchev–Trinajstić information content (AvgIpc) is 2.27. The summed E-state index contributed by atoms with van der Waals surface area (Å²) in [7, 11) is 1.30. The van der Waals surface area contributed by atoms with E-state index in [0.717, 1.165) is 0 Å². The first-order valence-electron chi connectivity index (χ1n) is 4.23. The molecule has 82 valence electrons.